The van der Waals surface area contributed by atoms with Crippen molar-refractivity contribution in [2.24, 2.45) is 7.05 Å². The summed E-state index contributed by atoms with van der Waals surface area (Å²) < 4.78 is 3.53. The highest BCUT2D eigenvalue weighted by Gasteiger charge is 2.19. The van der Waals surface area contributed by atoms with Gasteiger partial charge in [0, 0.05) is 25.2 Å². The molecule has 10 nitrogen and oxygen atoms in total. The maximum atomic E-state index is 13.2. The Kier molecular flexibility index (Phi) is 6.54. The molecule has 0 aliphatic rings. The molecule has 0 saturated carbocycles. The van der Waals surface area contributed by atoms with Crippen LogP contribution in [0.1, 0.15) is 41.8 Å². The summed E-state index contributed by atoms with van der Waals surface area (Å²) in [5.74, 6) is -0.608. The zero-order valence-corrected chi connectivity index (χ0v) is 20.2. The minimum atomic E-state index is -0.578. The molecule has 1 atom stereocenters. The maximum Gasteiger partial charge on any atom is 0.352 e. The van der Waals surface area contributed by atoms with Gasteiger partial charge in [-0.15, -0.1) is 5.10 Å². The van der Waals surface area contributed by atoms with Gasteiger partial charge in [0.1, 0.15) is 6.54 Å². The van der Waals surface area contributed by atoms with Crippen LogP contribution in [-0.2, 0) is 24.9 Å². The van der Waals surface area contributed by atoms with Gasteiger partial charge in [-0.1, -0.05) is 36.8 Å². The number of hydrogen-bond donors (Lipinski definition) is 2. The van der Waals surface area contributed by atoms with Gasteiger partial charge in [-0.3, -0.25) is 19.0 Å². The molecular weight excluding hydrogens is 448 g/mol. The van der Waals surface area contributed by atoms with Crippen molar-refractivity contribution in [1.29, 1.82) is 0 Å². The molecule has 2 heterocycles. The van der Waals surface area contributed by atoms with Gasteiger partial charge in [-0.25, -0.2) is 13.9 Å². The van der Waals surface area contributed by atoms with E-state index in [2.05, 4.69) is 15.7 Å². The van der Waals surface area contributed by atoms with Crippen LogP contribution in [0.25, 0.3) is 16.7 Å². The number of rotatable bonds is 7. The molecule has 4 rings (SSSR count). The second-order valence-electron chi connectivity index (χ2n) is 8.72. The number of fused-ring (bicyclic) bond motifs is 3. The third-order valence-corrected chi connectivity index (χ3v) is 6.05. The first kappa shape index (κ1) is 23.9. The number of nitrogens with one attached hydrogen (secondary N) is 2. The van der Waals surface area contributed by atoms with Crippen molar-refractivity contribution in [3.05, 3.63) is 80.0 Å². The van der Waals surface area contributed by atoms with E-state index in [9.17, 15) is 19.2 Å². The van der Waals surface area contributed by atoms with Crippen LogP contribution in [0.4, 0.5) is 0 Å². The average Bonchev–Trinajstić information content (AvgIpc) is 3.17. The fraction of sp³-hybridized carbons (Fsp3) is 0.320. The number of nitrogens with zero attached hydrogens (tertiary/aromatic N) is 4. The van der Waals surface area contributed by atoms with Crippen LogP contribution >= 0.6 is 0 Å². The lowest BCUT2D eigenvalue weighted by Gasteiger charge is -2.12. The molecule has 2 amide bonds. The Hall–Kier alpha value is -4.21. The monoisotopic (exact) mass is 476 g/mol. The molecule has 2 N–H and O–H groups in total. The number of carbonyl (C=O) groups excluding carboxylic acids is 2. The van der Waals surface area contributed by atoms with Crippen LogP contribution in [0, 0.1) is 6.92 Å². The van der Waals surface area contributed by atoms with Crippen LogP contribution < -0.4 is 21.9 Å². The molecule has 2 aromatic carbocycles. The van der Waals surface area contributed by atoms with Crippen molar-refractivity contribution < 1.29 is 9.59 Å². The van der Waals surface area contributed by atoms with E-state index in [-0.39, 0.29) is 46.6 Å². The first-order valence-electron chi connectivity index (χ1n) is 11.4. The van der Waals surface area contributed by atoms with Crippen molar-refractivity contribution >= 4 is 28.5 Å². The van der Waals surface area contributed by atoms with E-state index < -0.39 is 5.69 Å². The molecular formula is C25H28N6O4. The molecule has 1 unspecified atom stereocenters. The number of carbonyl (C=O) groups is 2. The molecule has 0 bridgehead atoms. The van der Waals surface area contributed by atoms with Gasteiger partial charge < -0.3 is 10.6 Å². The van der Waals surface area contributed by atoms with Crippen molar-refractivity contribution in [2.75, 3.05) is 0 Å². The summed E-state index contributed by atoms with van der Waals surface area (Å²) >= 11 is 0. The van der Waals surface area contributed by atoms with Gasteiger partial charge in [0.25, 0.3) is 11.5 Å². The normalized spacial score (nSPS) is 12.1. The molecule has 0 spiro atoms. The number of amides is 2. The van der Waals surface area contributed by atoms with E-state index in [1.807, 2.05) is 45.0 Å². The Morgan fingerprint density at radius 1 is 1.09 bits per heavy atom. The number of aromatic nitrogens is 4. The Bertz CT molecular complexity index is 1550. The van der Waals surface area contributed by atoms with Gasteiger partial charge in [0.05, 0.1) is 10.9 Å². The van der Waals surface area contributed by atoms with Gasteiger partial charge in [0.15, 0.2) is 0 Å². The summed E-state index contributed by atoms with van der Waals surface area (Å²) in [6.45, 7) is 5.85. The third kappa shape index (κ3) is 4.72. The Balaban J connectivity index is 1.69. The van der Waals surface area contributed by atoms with Crippen LogP contribution in [0.3, 0.4) is 0 Å². The Morgan fingerprint density at radius 2 is 1.80 bits per heavy atom. The predicted octanol–water partition coefficient (Wildman–Crippen LogP) is 1.50. The first-order valence-corrected chi connectivity index (χ1v) is 11.4. The lowest BCUT2D eigenvalue weighted by molar-refractivity contribution is -0.122. The largest absolute Gasteiger partial charge is 0.352 e. The molecule has 0 fully saturated rings. The van der Waals surface area contributed by atoms with Crippen molar-refractivity contribution in [1.82, 2.24) is 29.4 Å². The van der Waals surface area contributed by atoms with Crippen LogP contribution in [0.15, 0.2) is 52.1 Å². The Labute approximate surface area is 201 Å². The highest BCUT2D eigenvalue weighted by atomic mass is 16.2. The predicted molar refractivity (Wildman–Crippen MR) is 132 cm³/mol. The van der Waals surface area contributed by atoms with E-state index in [4.69, 9.17) is 0 Å². The Morgan fingerprint density at radius 3 is 2.49 bits per heavy atom. The summed E-state index contributed by atoms with van der Waals surface area (Å²) in [5.41, 5.74) is 1.70. The van der Waals surface area contributed by atoms with Gasteiger partial charge in [0.2, 0.25) is 11.7 Å². The zero-order valence-electron chi connectivity index (χ0n) is 20.2. The van der Waals surface area contributed by atoms with Gasteiger partial charge in [-0.2, -0.15) is 0 Å². The molecule has 0 radical (unpaired) electrons. The number of hydrogen-bond acceptors (Lipinski definition) is 5. The lowest BCUT2D eigenvalue weighted by Crippen LogP contribution is -2.33. The molecule has 0 aliphatic carbocycles. The summed E-state index contributed by atoms with van der Waals surface area (Å²) in [7, 11) is 1.51. The summed E-state index contributed by atoms with van der Waals surface area (Å²) in [6, 6.07) is 12.3. The highest BCUT2D eigenvalue weighted by Crippen LogP contribution is 2.14. The molecule has 182 valence electrons. The van der Waals surface area contributed by atoms with Crippen LogP contribution in [-0.4, -0.2) is 36.6 Å². The third-order valence-electron chi connectivity index (χ3n) is 6.05. The smallest absolute Gasteiger partial charge is 0.350 e. The van der Waals surface area contributed by atoms with Crippen molar-refractivity contribution in [3.8, 4) is 0 Å². The maximum absolute atomic E-state index is 13.2. The molecule has 10 heteroatoms. The average molecular weight is 477 g/mol. The van der Waals surface area contributed by atoms with E-state index in [0.717, 1.165) is 22.2 Å². The first-order chi connectivity index (χ1) is 16.7. The molecule has 2 aromatic heterocycles. The summed E-state index contributed by atoms with van der Waals surface area (Å²) in [4.78, 5) is 51.3. The molecule has 35 heavy (non-hydrogen) atoms. The molecule has 0 saturated heterocycles. The second-order valence-corrected chi connectivity index (χ2v) is 8.72. The van der Waals surface area contributed by atoms with Crippen LogP contribution in [0.5, 0.6) is 0 Å². The SMILES string of the molecule is CCC(C)NC(=O)c1ccc2c(=O)n(C)c3nn(CC(=O)NCc4ccc(C)cc4)c(=O)n3c2c1. The lowest BCUT2D eigenvalue weighted by atomic mass is 10.1. The van der Waals surface area contributed by atoms with Crippen molar-refractivity contribution in [2.45, 2.75) is 46.3 Å². The van der Waals surface area contributed by atoms with Gasteiger partial charge in [-0.05, 0) is 44.0 Å². The minimum Gasteiger partial charge on any atom is -0.350 e. The van der Waals surface area contributed by atoms with E-state index in [0.29, 0.717) is 12.1 Å². The van der Waals surface area contributed by atoms with Gasteiger partial charge >= 0.3 is 5.69 Å². The quantitative estimate of drug-likeness (QED) is 0.419. The van der Waals surface area contributed by atoms with E-state index >= 15 is 0 Å². The van der Waals surface area contributed by atoms with Crippen LogP contribution in [0.2, 0.25) is 0 Å². The van der Waals surface area contributed by atoms with E-state index in [1.54, 1.807) is 6.07 Å². The molecule has 4 aromatic rings. The summed E-state index contributed by atoms with van der Waals surface area (Å²) in [6.07, 6.45) is 0.766. The second kappa shape index (κ2) is 9.57. The number of aryl methyl sites for hydroxylation is 2. The van der Waals surface area contributed by atoms with Crippen molar-refractivity contribution in [3.63, 3.8) is 0 Å². The highest BCUT2D eigenvalue weighted by molar-refractivity contribution is 5.98. The molecule has 0 aliphatic heterocycles. The standard InChI is InChI=1S/C25H28N6O4/c1-5-16(3)27-22(33)18-10-11-19-20(12-18)31-24(29(4)23(19)34)28-30(25(31)35)14-21(32)26-13-17-8-6-15(2)7-9-17/h6-12,16H,5,13-14H2,1-4H3,(H,26,32)(H,27,33). The fourth-order valence-electron chi connectivity index (χ4n) is 3.75. The minimum absolute atomic E-state index is 0.0225. The summed E-state index contributed by atoms with van der Waals surface area (Å²) in [5, 5.41) is 10.2. The number of benzene rings is 2. The zero-order chi connectivity index (χ0) is 25.3. The fourth-order valence-corrected chi connectivity index (χ4v) is 3.75. The topological polar surface area (TPSA) is 120 Å². The van der Waals surface area contributed by atoms with E-state index in [1.165, 1.54) is 28.1 Å².